The molecule has 5 heteroatoms. The van der Waals surface area contributed by atoms with Gasteiger partial charge in [-0.1, -0.05) is 56.3 Å². The maximum Gasteiger partial charge on any atom is 0.406 e. The number of hydrogen-bond acceptors (Lipinski definition) is 1. The van der Waals surface area contributed by atoms with Crippen LogP contribution in [0.4, 0.5) is 18.9 Å². The van der Waals surface area contributed by atoms with Crippen molar-refractivity contribution in [2.24, 2.45) is 5.92 Å². The molecule has 0 aliphatic carbocycles. The largest absolute Gasteiger partial charge is 0.406 e. The molecule has 2 aromatic rings. The Morgan fingerprint density at radius 2 is 1.58 bits per heavy atom. The van der Waals surface area contributed by atoms with Gasteiger partial charge in [0.15, 0.2) is 0 Å². The van der Waals surface area contributed by atoms with Gasteiger partial charge in [-0.15, -0.1) is 0 Å². The van der Waals surface area contributed by atoms with E-state index in [-0.39, 0.29) is 5.92 Å². The number of carbonyl (C=O) groups is 1. The molecule has 1 atom stereocenters. The van der Waals surface area contributed by atoms with Crippen LogP contribution in [0.15, 0.2) is 48.5 Å². The van der Waals surface area contributed by atoms with Gasteiger partial charge in [0.05, 0.1) is 11.6 Å². The lowest BCUT2D eigenvalue weighted by Crippen LogP contribution is -2.42. The second-order valence-corrected chi connectivity index (χ2v) is 6.37. The van der Waals surface area contributed by atoms with Crippen LogP contribution in [0.1, 0.15) is 25.3 Å². The van der Waals surface area contributed by atoms with Gasteiger partial charge in [-0.25, -0.2) is 0 Å². The van der Waals surface area contributed by atoms with Crippen molar-refractivity contribution in [1.29, 1.82) is 0 Å². The number of nitrogens with zero attached hydrogens (tertiary/aromatic N) is 1. The third kappa shape index (κ3) is 2.90. The predicted octanol–water partition coefficient (Wildman–Crippen LogP) is 5.00. The average Bonchev–Trinajstić information content (AvgIpc) is 2.61. The first-order chi connectivity index (χ1) is 11.3. The number of hydrogen-bond donors (Lipinski definition) is 0. The lowest BCUT2D eigenvalue weighted by Gasteiger charge is -2.28. The fourth-order valence-corrected chi connectivity index (χ4v) is 3.36. The molecule has 0 fully saturated rings. The van der Waals surface area contributed by atoms with E-state index >= 15 is 0 Å². The minimum atomic E-state index is -4.46. The normalized spacial score (nSPS) is 17.5. The highest BCUT2D eigenvalue weighted by atomic mass is 19.4. The van der Waals surface area contributed by atoms with E-state index in [2.05, 4.69) is 0 Å². The standard InChI is InChI=1S/C19H18F3NO/c1-12(2)17-15-9-4-3-7-13(15)14-8-5-6-10-16(14)23(18(17)24)11-19(20,21)22/h3-10,12,17H,11H2,1-2H3/t17-/m0/s1. The van der Waals surface area contributed by atoms with Gasteiger partial charge in [-0.3, -0.25) is 4.79 Å². The number of carbonyl (C=O) groups excluding carboxylic acids is 1. The maximum absolute atomic E-state index is 13.1. The maximum atomic E-state index is 13.1. The summed E-state index contributed by atoms with van der Waals surface area (Å²) in [6.45, 7) is 2.45. The molecule has 0 saturated heterocycles. The van der Waals surface area contributed by atoms with Crippen molar-refractivity contribution in [1.82, 2.24) is 0 Å². The fourth-order valence-electron chi connectivity index (χ4n) is 3.36. The van der Waals surface area contributed by atoms with Crippen LogP contribution < -0.4 is 4.90 Å². The average molecular weight is 333 g/mol. The first-order valence-electron chi connectivity index (χ1n) is 7.86. The molecule has 1 aliphatic rings. The van der Waals surface area contributed by atoms with Crippen LogP contribution in [0.25, 0.3) is 11.1 Å². The third-order valence-corrected chi connectivity index (χ3v) is 4.32. The van der Waals surface area contributed by atoms with Gasteiger partial charge in [-0.2, -0.15) is 13.2 Å². The van der Waals surface area contributed by atoms with E-state index in [0.717, 1.165) is 16.0 Å². The second-order valence-electron chi connectivity index (χ2n) is 6.37. The molecular formula is C19H18F3NO. The van der Waals surface area contributed by atoms with Crippen LogP contribution in [0.2, 0.25) is 0 Å². The summed E-state index contributed by atoms with van der Waals surface area (Å²) in [5, 5.41) is 0. The highest BCUT2D eigenvalue weighted by molar-refractivity contribution is 6.05. The fraction of sp³-hybridized carbons (Fsp3) is 0.316. The summed E-state index contributed by atoms with van der Waals surface area (Å²) >= 11 is 0. The first kappa shape index (κ1) is 16.6. The van der Waals surface area contributed by atoms with Gasteiger partial charge in [0.25, 0.3) is 0 Å². The summed E-state index contributed by atoms with van der Waals surface area (Å²) in [6, 6.07) is 14.2. The summed E-state index contributed by atoms with van der Waals surface area (Å²) in [7, 11) is 0. The zero-order valence-electron chi connectivity index (χ0n) is 13.5. The van der Waals surface area contributed by atoms with Crippen LogP contribution in [0.3, 0.4) is 0 Å². The smallest absolute Gasteiger partial charge is 0.302 e. The second kappa shape index (κ2) is 5.96. The number of halogens is 3. The minimum absolute atomic E-state index is 0.108. The molecular weight excluding hydrogens is 315 g/mol. The molecule has 24 heavy (non-hydrogen) atoms. The van der Waals surface area contributed by atoms with Crippen molar-refractivity contribution in [3.05, 3.63) is 54.1 Å². The number of para-hydroxylation sites is 1. The zero-order chi connectivity index (χ0) is 17.5. The van der Waals surface area contributed by atoms with Gasteiger partial charge in [0, 0.05) is 5.56 Å². The number of rotatable bonds is 2. The third-order valence-electron chi connectivity index (χ3n) is 4.32. The van der Waals surface area contributed by atoms with Crippen molar-refractivity contribution < 1.29 is 18.0 Å². The summed E-state index contributed by atoms with van der Waals surface area (Å²) in [5.41, 5.74) is 2.59. The molecule has 1 aliphatic heterocycles. The van der Waals surface area contributed by atoms with Gasteiger partial charge >= 0.3 is 6.18 Å². The van der Waals surface area contributed by atoms with E-state index in [0.29, 0.717) is 11.3 Å². The highest BCUT2D eigenvalue weighted by Crippen LogP contribution is 2.43. The molecule has 126 valence electrons. The van der Waals surface area contributed by atoms with Crippen molar-refractivity contribution >= 4 is 11.6 Å². The zero-order valence-corrected chi connectivity index (χ0v) is 13.5. The molecule has 0 spiro atoms. The molecule has 0 saturated carbocycles. The lowest BCUT2D eigenvalue weighted by molar-refractivity contribution is -0.133. The summed E-state index contributed by atoms with van der Waals surface area (Å²) in [5.74, 6) is -1.21. The van der Waals surface area contributed by atoms with Gasteiger partial charge in [0.2, 0.25) is 5.91 Å². The minimum Gasteiger partial charge on any atom is -0.302 e. The van der Waals surface area contributed by atoms with E-state index in [1.54, 1.807) is 24.3 Å². The SMILES string of the molecule is CC(C)[C@@H]1C(=O)N(CC(F)(F)F)c2ccccc2-c2ccccc21. The van der Waals surface area contributed by atoms with Crippen molar-refractivity contribution in [2.45, 2.75) is 25.9 Å². The first-order valence-corrected chi connectivity index (χ1v) is 7.86. The predicted molar refractivity (Wildman–Crippen MR) is 87.9 cm³/mol. The van der Waals surface area contributed by atoms with E-state index in [1.165, 1.54) is 0 Å². The molecule has 0 radical (unpaired) electrons. The summed E-state index contributed by atoms with van der Waals surface area (Å²) < 4.78 is 39.3. The van der Waals surface area contributed by atoms with Gasteiger partial charge in [0.1, 0.15) is 6.54 Å². The number of alkyl halides is 3. The molecule has 3 rings (SSSR count). The Bertz CT molecular complexity index is 767. The number of anilines is 1. The molecule has 0 aromatic heterocycles. The van der Waals surface area contributed by atoms with Crippen LogP contribution in [-0.4, -0.2) is 18.6 Å². The van der Waals surface area contributed by atoms with Gasteiger partial charge in [-0.05, 0) is 23.1 Å². The molecule has 0 unspecified atom stereocenters. The molecule has 2 nitrogen and oxygen atoms in total. The van der Waals surface area contributed by atoms with Gasteiger partial charge < -0.3 is 4.90 Å². The van der Waals surface area contributed by atoms with Crippen molar-refractivity contribution in [3.8, 4) is 11.1 Å². The Morgan fingerprint density at radius 3 is 2.21 bits per heavy atom. The Kier molecular flexibility index (Phi) is 4.11. The molecule has 1 heterocycles. The van der Waals surface area contributed by atoms with Crippen molar-refractivity contribution in [2.75, 3.05) is 11.4 Å². The van der Waals surface area contributed by atoms with E-state index < -0.39 is 24.5 Å². The van der Waals surface area contributed by atoms with Crippen LogP contribution in [-0.2, 0) is 4.79 Å². The Morgan fingerprint density at radius 1 is 1.00 bits per heavy atom. The summed E-state index contributed by atoms with van der Waals surface area (Å²) in [4.78, 5) is 13.9. The van der Waals surface area contributed by atoms with E-state index in [1.807, 2.05) is 38.1 Å². The topological polar surface area (TPSA) is 20.3 Å². The Labute approximate surface area is 138 Å². The quantitative estimate of drug-likeness (QED) is 0.757. The lowest BCUT2D eigenvalue weighted by atomic mass is 9.84. The Balaban J connectivity index is 2.27. The van der Waals surface area contributed by atoms with E-state index in [9.17, 15) is 18.0 Å². The Hall–Kier alpha value is -2.30. The summed E-state index contributed by atoms with van der Waals surface area (Å²) in [6.07, 6.45) is -4.46. The molecule has 1 amide bonds. The number of fused-ring (bicyclic) bond motifs is 3. The highest BCUT2D eigenvalue weighted by Gasteiger charge is 2.40. The van der Waals surface area contributed by atoms with Crippen LogP contribution in [0.5, 0.6) is 0 Å². The van der Waals surface area contributed by atoms with Crippen LogP contribution >= 0.6 is 0 Å². The number of amides is 1. The van der Waals surface area contributed by atoms with Crippen molar-refractivity contribution in [3.63, 3.8) is 0 Å². The molecule has 0 N–H and O–H groups in total. The monoisotopic (exact) mass is 333 g/mol. The molecule has 0 bridgehead atoms. The van der Waals surface area contributed by atoms with Crippen LogP contribution in [0, 0.1) is 5.92 Å². The number of benzene rings is 2. The van der Waals surface area contributed by atoms with E-state index in [4.69, 9.17) is 0 Å². The molecule has 2 aromatic carbocycles.